The molecule has 1 saturated carbocycles. The molecule has 5 heteroatoms. The summed E-state index contributed by atoms with van der Waals surface area (Å²) in [5.74, 6) is -1.57. The van der Waals surface area contributed by atoms with Gasteiger partial charge in [0.05, 0.1) is 0 Å². The Labute approximate surface area is 104 Å². The number of hydrogen-bond acceptors (Lipinski definition) is 3. The van der Waals surface area contributed by atoms with Crippen molar-refractivity contribution in [2.45, 2.75) is 31.7 Å². The van der Waals surface area contributed by atoms with E-state index in [2.05, 4.69) is 5.32 Å². The van der Waals surface area contributed by atoms with Crippen LogP contribution in [0.3, 0.4) is 0 Å². The van der Waals surface area contributed by atoms with Gasteiger partial charge in [-0.1, -0.05) is 6.07 Å². The quantitative estimate of drug-likeness (QED) is 0.841. The summed E-state index contributed by atoms with van der Waals surface area (Å²) in [5.41, 5.74) is -0.339. The highest BCUT2D eigenvalue weighted by atomic mass is 19.1. The molecule has 0 bridgehead atoms. The van der Waals surface area contributed by atoms with Gasteiger partial charge in [0.15, 0.2) is 0 Å². The van der Waals surface area contributed by atoms with Crippen molar-refractivity contribution in [3.8, 4) is 5.75 Å². The number of carbonyl (C=O) groups excluding carboxylic acids is 2. The highest BCUT2D eigenvalue weighted by Gasteiger charge is 2.23. The van der Waals surface area contributed by atoms with Crippen molar-refractivity contribution in [2.75, 3.05) is 0 Å². The monoisotopic (exact) mass is 251 g/mol. The number of ketones is 1. The van der Waals surface area contributed by atoms with Crippen molar-refractivity contribution < 1.29 is 19.1 Å². The summed E-state index contributed by atoms with van der Waals surface area (Å²) in [6.45, 7) is 0. The first-order chi connectivity index (χ1) is 8.58. The van der Waals surface area contributed by atoms with Gasteiger partial charge in [-0.25, -0.2) is 4.39 Å². The Kier molecular flexibility index (Phi) is 3.60. The van der Waals surface area contributed by atoms with Crippen molar-refractivity contribution in [3.63, 3.8) is 0 Å². The molecule has 0 heterocycles. The van der Waals surface area contributed by atoms with Crippen LogP contribution >= 0.6 is 0 Å². The molecule has 0 radical (unpaired) electrons. The van der Waals surface area contributed by atoms with Crippen LogP contribution in [0.4, 0.5) is 4.39 Å². The zero-order chi connectivity index (χ0) is 13.1. The molecule has 2 N–H and O–H groups in total. The van der Waals surface area contributed by atoms with Crippen LogP contribution in [0.25, 0.3) is 0 Å². The normalized spacial score (nSPS) is 16.6. The fraction of sp³-hybridized carbons (Fsp3) is 0.385. The van der Waals surface area contributed by atoms with Crippen molar-refractivity contribution >= 4 is 11.7 Å². The second-order valence-electron chi connectivity index (χ2n) is 4.42. The second-order valence-corrected chi connectivity index (χ2v) is 4.42. The van der Waals surface area contributed by atoms with Crippen LogP contribution in [0, 0.1) is 5.82 Å². The molecule has 4 nitrogen and oxygen atoms in total. The third-order valence-corrected chi connectivity index (χ3v) is 3.10. The lowest BCUT2D eigenvalue weighted by atomic mass is 9.94. The molecule has 0 aliphatic heterocycles. The summed E-state index contributed by atoms with van der Waals surface area (Å²) in [6, 6.07) is 3.59. The summed E-state index contributed by atoms with van der Waals surface area (Å²) >= 11 is 0. The van der Waals surface area contributed by atoms with E-state index in [0.717, 1.165) is 6.07 Å². The zero-order valence-electron chi connectivity index (χ0n) is 9.78. The molecule has 1 aromatic carbocycles. The topological polar surface area (TPSA) is 66.4 Å². The molecule has 0 aromatic heterocycles. The second kappa shape index (κ2) is 5.16. The minimum atomic E-state index is -0.751. The number of aromatic hydroxyl groups is 1. The number of carbonyl (C=O) groups is 2. The van der Waals surface area contributed by atoms with E-state index in [0.29, 0.717) is 25.7 Å². The lowest BCUT2D eigenvalue weighted by molar-refractivity contribution is -0.120. The molecule has 2 rings (SSSR count). The number of halogens is 1. The molecule has 0 atom stereocenters. The number of hydrogen-bond donors (Lipinski definition) is 2. The molecule has 0 spiro atoms. The number of phenols is 1. The van der Waals surface area contributed by atoms with E-state index in [1.807, 2.05) is 0 Å². The van der Waals surface area contributed by atoms with E-state index >= 15 is 0 Å². The average Bonchev–Trinajstić information content (AvgIpc) is 2.32. The highest BCUT2D eigenvalue weighted by molar-refractivity contribution is 5.97. The van der Waals surface area contributed by atoms with Gasteiger partial charge in [0.2, 0.25) is 0 Å². The van der Waals surface area contributed by atoms with Gasteiger partial charge in [-0.2, -0.15) is 0 Å². The molecule has 1 aliphatic rings. The summed E-state index contributed by atoms with van der Waals surface area (Å²) in [5, 5.41) is 12.1. The maximum absolute atomic E-state index is 13.4. The predicted octanol–water partition coefficient (Wildman–Crippen LogP) is 1.77. The first-order valence-electron chi connectivity index (χ1n) is 5.88. The molecule has 18 heavy (non-hydrogen) atoms. The van der Waals surface area contributed by atoms with Crippen LogP contribution in [0.15, 0.2) is 18.2 Å². The van der Waals surface area contributed by atoms with Gasteiger partial charge in [-0.05, 0) is 25.0 Å². The lowest BCUT2D eigenvalue weighted by Crippen LogP contribution is -2.38. The maximum Gasteiger partial charge on any atom is 0.258 e. The Bertz CT molecular complexity index is 457. The van der Waals surface area contributed by atoms with Crippen LogP contribution in [0.1, 0.15) is 36.0 Å². The van der Waals surface area contributed by atoms with Crippen LogP contribution in [0.5, 0.6) is 5.75 Å². The van der Waals surface area contributed by atoms with Crippen LogP contribution in [-0.4, -0.2) is 22.8 Å². The minimum absolute atomic E-state index is 0.130. The van der Waals surface area contributed by atoms with E-state index in [4.69, 9.17) is 0 Å². The van der Waals surface area contributed by atoms with Gasteiger partial charge < -0.3 is 10.4 Å². The molecular weight excluding hydrogens is 237 g/mol. The van der Waals surface area contributed by atoms with Gasteiger partial charge in [0.1, 0.15) is 22.9 Å². The first-order valence-corrected chi connectivity index (χ1v) is 5.88. The van der Waals surface area contributed by atoms with Gasteiger partial charge in [-0.15, -0.1) is 0 Å². The van der Waals surface area contributed by atoms with E-state index in [-0.39, 0.29) is 23.1 Å². The predicted molar refractivity (Wildman–Crippen MR) is 62.8 cm³/mol. The Morgan fingerprint density at radius 2 is 2.00 bits per heavy atom. The average molecular weight is 251 g/mol. The SMILES string of the molecule is O=C1CCC(NC(=O)c2c(O)cccc2F)CC1. The molecule has 1 aliphatic carbocycles. The molecule has 1 amide bonds. The van der Waals surface area contributed by atoms with E-state index in [9.17, 15) is 19.1 Å². The van der Waals surface area contributed by atoms with E-state index < -0.39 is 11.7 Å². The van der Waals surface area contributed by atoms with Gasteiger partial charge in [-0.3, -0.25) is 9.59 Å². The Morgan fingerprint density at radius 3 is 2.61 bits per heavy atom. The number of nitrogens with one attached hydrogen (secondary N) is 1. The summed E-state index contributed by atoms with van der Waals surface area (Å²) in [6.07, 6.45) is 2.02. The molecule has 0 unspecified atom stereocenters. The third-order valence-electron chi connectivity index (χ3n) is 3.10. The van der Waals surface area contributed by atoms with Crippen LogP contribution in [0.2, 0.25) is 0 Å². The number of rotatable bonds is 2. The van der Waals surface area contributed by atoms with Crippen molar-refractivity contribution in [1.29, 1.82) is 0 Å². The van der Waals surface area contributed by atoms with Crippen LogP contribution in [-0.2, 0) is 4.79 Å². The number of phenolic OH excluding ortho intramolecular Hbond substituents is 1. The Hall–Kier alpha value is -1.91. The Morgan fingerprint density at radius 1 is 1.33 bits per heavy atom. The van der Waals surface area contributed by atoms with Gasteiger partial charge in [0, 0.05) is 18.9 Å². The van der Waals surface area contributed by atoms with Crippen molar-refractivity contribution in [3.05, 3.63) is 29.6 Å². The smallest absolute Gasteiger partial charge is 0.258 e. The van der Waals surface area contributed by atoms with Crippen LogP contribution < -0.4 is 5.32 Å². The van der Waals surface area contributed by atoms with Crippen molar-refractivity contribution in [1.82, 2.24) is 5.32 Å². The fourth-order valence-corrected chi connectivity index (χ4v) is 2.08. The third kappa shape index (κ3) is 2.67. The van der Waals surface area contributed by atoms with E-state index in [1.165, 1.54) is 12.1 Å². The molecule has 96 valence electrons. The number of benzene rings is 1. The summed E-state index contributed by atoms with van der Waals surface area (Å²) in [4.78, 5) is 22.9. The maximum atomic E-state index is 13.4. The molecule has 1 fully saturated rings. The molecular formula is C13H14FNO3. The summed E-state index contributed by atoms with van der Waals surface area (Å²) in [7, 11) is 0. The number of amides is 1. The summed E-state index contributed by atoms with van der Waals surface area (Å²) < 4.78 is 13.4. The van der Waals surface area contributed by atoms with E-state index in [1.54, 1.807) is 0 Å². The number of Topliss-reactive ketones (excluding diaryl/α,β-unsaturated/α-hetero) is 1. The highest BCUT2D eigenvalue weighted by Crippen LogP contribution is 2.21. The van der Waals surface area contributed by atoms with Crippen molar-refractivity contribution in [2.24, 2.45) is 0 Å². The van der Waals surface area contributed by atoms with Gasteiger partial charge in [0.25, 0.3) is 5.91 Å². The standard InChI is InChI=1S/C13H14FNO3/c14-10-2-1-3-11(17)12(10)13(18)15-8-4-6-9(16)7-5-8/h1-3,8,17H,4-7H2,(H,15,18). The lowest BCUT2D eigenvalue weighted by Gasteiger charge is -2.22. The first kappa shape index (κ1) is 12.5. The van der Waals surface area contributed by atoms with Gasteiger partial charge >= 0.3 is 0 Å². The molecule has 0 saturated heterocycles. The minimum Gasteiger partial charge on any atom is -0.507 e. The zero-order valence-corrected chi connectivity index (χ0v) is 9.78. The molecule has 1 aromatic rings. The largest absolute Gasteiger partial charge is 0.507 e. The fourth-order valence-electron chi connectivity index (χ4n) is 2.08. The Balaban J connectivity index is 2.06.